The molecule has 78 valence electrons. The van der Waals surface area contributed by atoms with E-state index < -0.39 is 0 Å². The van der Waals surface area contributed by atoms with Gasteiger partial charge in [0.1, 0.15) is 0 Å². The molecule has 1 nitrogen and oxygen atoms in total. The van der Waals surface area contributed by atoms with Crippen molar-refractivity contribution in [2.45, 2.75) is 33.2 Å². The van der Waals surface area contributed by atoms with Crippen molar-refractivity contribution in [3.8, 4) is 0 Å². The van der Waals surface area contributed by atoms with Crippen LogP contribution >= 0.6 is 0 Å². The summed E-state index contributed by atoms with van der Waals surface area (Å²) >= 11 is 0. The van der Waals surface area contributed by atoms with Crippen molar-refractivity contribution in [3.05, 3.63) is 35.9 Å². The van der Waals surface area contributed by atoms with Crippen molar-refractivity contribution in [3.63, 3.8) is 0 Å². The Morgan fingerprint density at radius 1 is 1.07 bits per heavy atom. The van der Waals surface area contributed by atoms with Gasteiger partial charge in [-0.05, 0) is 24.3 Å². The van der Waals surface area contributed by atoms with E-state index in [0.29, 0.717) is 11.8 Å². The molecule has 0 aliphatic carbocycles. The van der Waals surface area contributed by atoms with Gasteiger partial charge < -0.3 is 5.73 Å². The second kappa shape index (κ2) is 4.14. The van der Waals surface area contributed by atoms with E-state index in [4.69, 9.17) is 5.73 Å². The van der Waals surface area contributed by atoms with Crippen LogP contribution in [-0.2, 0) is 5.54 Å². The molecule has 1 rings (SSSR count). The van der Waals surface area contributed by atoms with E-state index in [0.717, 1.165) is 0 Å². The molecule has 2 N–H and O–H groups in total. The zero-order valence-electron chi connectivity index (χ0n) is 9.62. The zero-order chi connectivity index (χ0) is 10.8. The third kappa shape index (κ3) is 2.16. The van der Waals surface area contributed by atoms with Gasteiger partial charge in [-0.25, -0.2) is 0 Å². The lowest BCUT2D eigenvalue weighted by Gasteiger charge is -2.35. The molecule has 0 radical (unpaired) electrons. The Labute approximate surface area is 87.3 Å². The SMILES string of the molecule is CC(C)C(C)C(C)(N)c1ccccc1. The van der Waals surface area contributed by atoms with Crippen molar-refractivity contribution >= 4 is 0 Å². The van der Waals surface area contributed by atoms with Crippen LogP contribution in [-0.4, -0.2) is 0 Å². The van der Waals surface area contributed by atoms with E-state index in [2.05, 4.69) is 39.8 Å². The van der Waals surface area contributed by atoms with E-state index in [9.17, 15) is 0 Å². The number of benzene rings is 1. The second-order valence-electron chi connectivity index (χ2n) is 4.68. The summed E-state index contributed by atoms with van der Waals surface area (Å²) in [4.78, 5) is 0. The number of hydrogen-bond donors (Lipinski definition) is 1. The first-order valence-corrected chi connectivity index (χ1v) is 5.30. The fourth-order valence-electron chi connectivity index (χ4n) is 1.75. The molecule has 0 aliphatic heterocycles. The Morgan fingerprint density at radius 3 is 2.00 bits per heavy atom. The molecular weight excluding hydrogens is 170 g/mol. The van der Waals surface area contributed by atoms with Crippen LogP contribution in [0.1, 0.15) is 33.3 Å². The van der Waals surface area contributed by atoms with Gasteiger partial charge in [-0.1, -0.05) is 51.1 Å². The van der Waals surface area contributed by atoms with Crippen LogP contribution in [0.15, 0.2) is 30.3 Å². The summed E-state index contributed by atoms with van der Waals surface area (Å²) in [6.45, 7) is 8.78. The summed E-state index contributed by atoms with van der Waals surface area (Å²) in [5.41, 5.74) is 7.38. The van der Waals surface area contributed by atoms with Gasteiger partial charge in [0.15, 0.2) is 0 Å². The van der Waals surface area contributed by atoms with Gasteiger partial charge >= 0.3 is 0 Å². The van der Waals surface area contributed by atoms with Crippen LogP contribution in [0.3, 0.4) is 0 Å². The summed E-state index contributed by atoms with van der Waals surface area (Å²) in [7, 11) is 0. The van der Waals surface area contributed by atoms with Crippen molar-refractivity contribution in [2.75, 3.05) is 0 Å². The molecule has 0 heterocycles. The predicted octanol–water partition coefficient (Wildman–Crippen LogP) is 3.15. The highest BCUT2D eigenvalue weighted by Crippen LogP contribution is 2.31. The Bertz CT molecular complexity index is 275. The average Bonchev–Trinajstić information content (AvgIpc) is 2.18. The summed E-state index contributed by atoms with van der Waals surface area (Å²) in [5.74, 6) is 1.08. The molecular formula is C13H21N. The third-order valence-electron chi connectivity index (χ3n) is 3.34. The van der Waals surface area contributed by atoms with Crippen molar-refractivity contribution in [2.24, 2.45) is 17.6 Å². The molecule has 0 aliphatic rings. The highest BCUT2D eigenvalue weighted by molar-refractivity contribution is 5.23. The fourth-order valence-corrected chi connectivity index (χ4v) is 1.75. The van der Waals surface area contributed by atoms with Gasteiger partial charge in [0, 0.05) is 5.54 Å². The molecule has 0 aromatic heterocycles. The quantitative estimate of drug-likeness (QED) is 0.780. The lowest BCUT2D eigenvalue weighted by atomic mass is 9.76. The van der Waals surface area contributed by atoms with E-state index in [1.165, 1.54) is 5.56 Å². The normalized spacial score (nSPS) is 17.9. The summed E-state index contributed by atoms with van der Waals surface area (Å²) in [6, 6.07) is 10.3. The van der Waals surface area contributed by atoms with Crippen LogP contribution in [0.25, 0.3) is 0 Å². The Kier molecular flexibility index (Phi) is 3.33. The summed E-state index contributed by atoms with van der Waals surface area (Å²) < 4.78 is 0. The largest absolute Gasteiger partial charge is 0.321 e. The van der Waals surface area contributed by atoms with Crippen LogP contribution in [0.5, 0.6) is 0 Å². The number of hydrogen-bond acceptors (Lipinski definition) is 1. The first kappa shape index (κ1) is 11.3. The van der Waals surface area contributed by atoms with E-state index in [1.54, 1.807) is 0 Å². The molecule has 2 unspecified atom stereocenters. The van der Waals surface area contributed by atoms with Crippen LogP contribution < -0.4 is 5.73 Å². The van der Waals surface area contributed by atoms with Gasteiger partial charge in [0.25, 0.3) is 0 Å². The molecule has 1 heteroatoms. The average molecular weight is 191 g/mol. The highest BCUT2D eigenvalue weighted by Gasteiger charge is 2.30. The maximum Gasteiger partial charge on any atom is 0.0409 e. The minimum Gasteiger partial charge on any atom is -0.321 e. The fraction of sp³-hybridized carbons (Fsp3) is 0.538. The maximum atomic E-state index is 6.38. The maximum absolute atomic E-state index is 6.38. The molecule has 2 atom stereocenters. The third-order valence-corrected chi connectivity index (χ3v) is 3.34. The van der Waals surface area contributed by atoms with Gasteiger partial charge in [-0.15, -0.1) is 0 Å². The molecule has 1 aromatic carbocycles. The molecule has 0 fully saturated rings. The first-order chi connectivity index (χ1) is 6.46. The van der Waals surface area contributed by atoms with Gasteiger partial charge in [0.05, 0.1) is 0 Å². The topological polar surface area (TPSA) is 26.0 Å². The summed E-state index contributed by atoms with van der Waals surface area (Å²) in [6.07, 6.45) is 0. The minimum absolute atomic E-state index is 0.227. The summed E-state index contributed by atoms with van der Waals surface area (Å²) in [5, 5.41) is 0. The molecule has 14 heavy (non-hydrogen) atoms. The Morgan fingerprint density at radius 2 is 1.57 bits per heavy atom. The number of nitrogens with two attached hydrogens (primary N) is 1. The van der Waals surface area contributed by atoms with Crippen LogP contribution in [0.2, 0.25) is 0 Å². The second-order valence-corrected chi connectivity index (χ2v) is 4.68. The van der Waals surface area contributed by atoms with E-state index in [1.807, 2.05) is 18.2 Å². The minimum atomic E-state index is -0.227. The molecule has 0 bridgehead atoms. The van der Waals surface area contributed by atoms with E-state index in [-0.39, 0.29) is 5.54 Å². The molecule has 0 spiro atoms. The lowest BCUT2D eigenvalue weighted by Crippen LogP contribution is -2.42. The van der Waals surface area contributed by atoms with Crippen LogP contribution in [0.4, 0.5) is 0 Å². The van der Waals surface area contributed by atoms with E-state index >= 15 is 0 Å². The zero-order valence-corrected chi connectivity index (χ0v) is 9.62. The monoisotopic (exact) mass is 191 g/mol. The molecule has 0 saturated heterocycles. The lowest BCUT2D eigenvalue weighted by molar-refractivity contribution is 0.249. The van der Waals surface area contributed by atoms with Crippen LogP contribution in [0, 0.1) is 11.8 Å². The van der Waals surface area contributed by atoms with Gasteiger partial charge in [0.2, 0.25) is 0 Å². The van der Waals surface area contributed by atoms with Crippen molar-refractivity contribution in [1.82, 2.24) is 0 Å². The number of rotatable bonds is 3. The standard InChI is InChI=1S/C13H21N/c1-10(2)11(3)13(4,14)12-8-6-5-7-9-12/h5-11H,14H2,1-4H3. The molecule has 0 amide bonds. The van der Waals surface area contributed by atoms with Gasteiger partial charge in [-0.3, -0.25) is 0 Å². The molecule has 0 saturated carbocycles. The Balaban J connectivity index is 2.96. The van der Waals surface area contributed by atoms with Gasteiger partial charge in [-0.2, -0.15) is 0 Å². The smallest absolute Gasteiger partial charge is 0.0409 e. The Hall–Kier alpha value is -0.820. The predicted molar refractivity (Wildman–Crippen MR) is 62.0 cm³/mol. The van der Waals surface area contributed by atoms with Crippen molar-refractivity contribution < 1.29 is 0 Å². The van der Waals surface area contributed by atoms with Crippen molar-refractivity contribution in [1.29, 1.82) is 0 Å². The molecule has 1 aromatic rings. The highest BCUT2D eigenvalue weighted by atomic mass is 14.7. The first-order valence-electron chi connectivity index (χ1n) is 5.30.